The molecule has 0 aromatic carbocycles. The van der Waals surface area contributed by atoms with E-state index >= 15 is 0 Å². The third-order valence-corrected chi connectivity index (χ3v) is 4.26. The molecule has 0 saturated heterocycles. The largest absolute Gasteiger partial charge is 0.496 e. The summed E-state index contributed by atoms with van der Waals surface area (Å²) in [7, 11) is 3.53. The molecule has 16 heavy (non-hydrogen) atoms. The Labute approximate surface area is 101 Å². The minimum absolute atomic E-state index is 0.102. The van der Waals surface area contributed by atoms with Crippen LogP contribution in [0.15, 0.2) is 11.4 Å². The molecule has 1 aromatic heterocycles. The van der Waals surface area contributed by atoms with Gasteiger partial charge in [-0.15, -0.1) is 11.3 Å². The van der Waals surface area contributed by atoms with Crippen LogP contribution in [0.2, 0.25) is 0 Å². The van der Waals surface area contributed by atoms with Crippen molar-refractivity contribution in [3.63, 3.8) is 0 Å². The summed E-state index contributed by atoms with van der Waals surface area (Å²) in [6.07, 6.45) is 3.65. The van der Waals surface area contributed by atoms with E-state index in [0.29, 0.717) is 0 Å². The number of ether oxygens (including phenoxy) is 2. The topological polar surface area (TPSA) is 30.5 Å². The predicted molar refractivity (Wildman–Crippen MR) is 66.2 cm³/mol. The highest BCUT2D eigenvalue weighted by Gasteiger charge is 2.36. The van der Waals surface area contributed by atoms with Crippen LogP contribution >= 0.6 is 11.3 Å². The lowest BCUT2D eigenvalue weighted by atomic mass is 9.80. The van der Waals surface area contributed by atoms with Crippen LogP contribution in [0.5, 0.6) is 5.75 Å². The Hall–Kier alpha value is -0.580. The van der Waals surface area contributed by atoms with Crippen LogP contribution in [0.25, 0.3) is 0 Å². The van der Waals surface area contributed by atoms with Crippen molar-refractivity contribution in [3.05, 3.63) is 16.3 Å². The second-order valence-electron chi connectivity index (χ2n) is 4.26. The second kappa shape index (κ2) is 5.17. The summed E-state index contributed by atoms with van der Waals surface area (Å²) in [5, 5.41) is 5.52. The minimum atomic E-state index is 0.102. The van der Waals surface area contributed by atoms with Crippen molar-refractivity contribution in [2.75, 3.05) is 20.8 Å². The predicted octanol–water partition coefficient (Wildman–Crippen LogP) is 2.42. The maximum atomic E-state index is 5.56. The quantitative estimate of drug-likeness (QED) is 0.829. The molecule has 1 aliphatic rings. The van der Waals surface area contributed by atoms with Crippen LogP contribution in [0.4, 0.5) is 0 Å². The molecular formula is C12H19NO2S. The Balaban J connectivity index is 1.79. The van der Waals surface area contributed by atoms with Gasteiger partial charge in [0.25, 0.3) is 0 Å². The van der Waals surface area contributed by atoms with Gasteiger partial charge in [-0.3, -0.25) is 0 Å². The van der Waals surface area contributed by atoms with E-state index in [4.69, 9.17) is 9.47 Å². The first kappa shape index (κ1) is 11.9. The molecule has 90 valence electrons. The summed E-state index contributed by atoms with van der Waals surface area (Å²) in [5.41, 5.74) is 0.102. The second-order valence-corrected chi connectivity index (χ2v) is 5.26. The van der Waals surface area contributed by atoms with Gasteiger partial charge in [0.05, 0.1) is 17.6 Å². The van der Waals surface area contributed by atoms with Gasteiger partial charge in [0.1, 0.15) is 5.75 Å². The zero-order valence-corrected chi connectivity index (χ0v) is 10.7. The van der Waals surface area contributed by atoms with Crippen molar-refractivity contribution in [2.24, 2.45) is 0 Å². The third kappa shape index (κ3) is 2.39. The smallest absolute Gasteiger partial charge is 0.134 e. The van der Waals surface area contributed by atoms with Gasteiger partial charge in [-0.2, -0.15) is 0 Å². The molecule has 1 heterocycles. The molecule has 0 unspecified atom stereocenters. The van der Waals surface area contributed by atoms with E-state index in [9.17, 15) is 0 Å². The monoisotopic (exact) mass is 241 g/mol. The van der Waals surface area contributed by atoms with Gasteiger partial charge in [0.15, 0.2) is 0 Å². The molecule has 4 heteroatoms. The standard InChI is InChI=1S/C12H19NO2S/c1-14-10-4-7-16-11(10)8-13-9-12(15-2)5-3-6-12/h4,7,13H,3,5-6,8-9H2,1-2H3. The minimum Gasteiger partial charge on any atom is -0.496 e. The summed E-state index contributed by atoms with van der Waals surface area (Å²) in [5.74, 6) is 0.984. The van der Waals surface area contributed by atoms with E-state index < -0.39 is 0 Å². The van der Waals surface area contributed by atoms with Crippen molar-refractivity contribution in [3.8, 4) is 5.75 Å². The number of rotatable bonds is 6. The highest BCUT2D eigenvalue weighted by Crippen LogP contribution is 2.34. The van der Waals surface area contributed by atoms with Gasteiger partial charge in [-0.05, 0) is 30.7 Å². The van der Waals surface area contributed by atoms with Crippen LogP contribution in [-0.4, -0.2) is 26.4 Å². The molecule has 0 bridgehead atoms. The zero-order chi connectivity index (χ0) is 11.4. The van der Waals surface area contributed by atoms with Crippen molar-refractivity contribution in [1.82, 2.24) is 5.32 Å². The highest BCUT2D eigenvalue weighted by molar-refractivity contribution is 7.10. The summed E-state index contributed by atoms with van der Waals surface area (Å²) in [4.78, 5) is 1.26. The van der Waals surface area contributed by atoms with E-state index in [-0.39, 0.29) is 5.60 Å². The number of nitrogens with one attached hydrogen (secondary N) is 1. The maximum absolute atomic E-state index is 5.56. The number of methoxy groups -OCH3 is 2. The van der Waals surface area contributed by atoms with E-state index in [2.05, 4.69) is 10.7 Å². The first-order valence-corrected chi connectivity index (χ1v) is 6.54. The van der Waals surface area contributed by atoms with E-state index in [1.807, 2.05) is 13.2 Å². The summed E-state index contributed by atoms with van der Waals surface area (Å²) in [6.45, 7) is 1.80. The van der Waals surface area contributed by atoms with Gasteiger partial charge >= 0.3 is 0 Å². The fourth-order valence-electron chi connectivity index (χ4n) is 2.07. The molecule has 0 atom stereocenters. The average Bonchev–Trinajstić information content (AvgIpc) is 2.69. The van der Waals surface area contributed by atoms with Gasteiger partial charge in [0, 0.05) is 20.2 Å². The van der Waals surface area contributed by atoms with Crippen LogP contribution < -0.4 is 10.1 Å². The van der Waals surface area contributed by atoms with E-state index in [1.54, 1.807) is 18.4 Å². The molecule has 1 aromatic rings. The molecule has 1 saturated carbocycles. The van der Waals surface area contributed by atoms with Crippen molar-refractivity contribution in [1.29, 1.82) is 0 Å². The van der Waals surface area contributed by atoms with Crippen molar-refractivity contribution in [2.45, 2.75) is 31.4 Å². The molecule has 0 aliphatic heterocycles. The molecule has 1 fully saturated rings. The fourth-order valence-corrected chi connectivity index (χ4v) is 2.88. The van der Waals surface area contributed by atoms with Gasteiger partial charge in [0.2, 0.25) is 0 Å². The van der Waals surface area contributed by atoms with Crippen LogP contribution in [-0.2, 0) is 11.3 Å². The molecule has 2 rings (SSSR count). The lowest BCUT2D eigenvalue weighted by Crippen LogP contribution is -2.47. The fraction of sp³-hybridized carbons (Fsp3) is 0.667. The number of hydrogen-bond acceptors (Lipinski definition) is 4. The molecule has 3 nitrogen and oxygen atoms in total. The molecule has 0 amide bonds. The van der Waals surface area contributed by atoms with Gasteiger partial charge in [-0.25, -0.2) is 0 Å². The van der Waals surface area contributed by atoms with Crippen LogP contribution in [0.1, 0.15) is 24.1 Å². The summed E-state index contributed by atoms with van der Waals surface area (Å²) < 4.78 is 10.8. The Morgan fingerprint density at radius 2 is 2.25 bits per heavy atom. The third-order valence-electron chi connectivity index (χ3n) is 3.35. The van der Waals surface area contributed by atoms with Gasteiger partial charge < -0.3 is 14.8 Å². The van der Waals surface area contributed by atoms with Crippen LogP contribution in [0, 0.1) is 0 Å². The SMILES string of the molecule is COc1ccsc1CNCC1(OC)CCC1. The average molecular weight is 241 g/mol. The van der Waals surface area contributed by atoms with Crippen LogP contribution in [0.3, 0.4) is 0 Å². The Bertz CT molecular complexity index is 328. The zero-order valence-electron chi connectivity index (χ0n) is 9.91. The van der Waals surface area contributed by atoms with Crippen molar-refractivity contribution < 1.29 is 9.47 Å². The first-order chi connectivity index (χ1) is 7.79. The number of hydrogen-bond donors (Lipinski definition) is 1. The van der Waals surface area contributed by atoms with E-state index in [1.165, 1.54) is 24.1 Å². The van der Waals surface area contributed by atoms with E-state index in [0.717, 1.165) is 18.8 Å². The molecule has 0 radical (unpaired) electrons. The number of thiophene rings is 1. The molecule has 1 N–H and O–H groups in total. The summed E-state index contributed by atoms with van der Waals surface area (Å²) in [6, 6.07) is 2.01. The molecule has 1 aliphatic carbocycles. The lowest BCUT2D eigenvalue weighted by molar-refractivity contribution is -0.0695. The molecular weight excluding hydrogens is 222 g/mol. The lowest BCUT2D eigenvalue weighted by Gasteiger charge is -2.40. The normalized spacial score (nSPS) is 18.1. The Kier molecular flexibility index (Phi) is 3.84. The molecule has 0 spiro atoms. The highest BCUT2D eigenvalue weighted by atomic mass is 32.1. The Morgan fingerprint density at radius 3 is 2.81 bits per heavy atom. The summed E-state index contributed by atoms with van der Waals surface area (Å²) >= 11 is 1.73. The Morgan fingerprint density at radius 1 is 1.44 bits per heavy atom. The van der Waals surface area contributed by atoms with Crippen molar-refractivity contribution >= 4 is 11.3 Å². The first-order valence-electron chi connectivity index (χ1n) is 5.66. The van der Waals surface area contributed by atoms with Gasteiger partial charge in [-0.1, -0.05) is 0 Å². The maximum Gasteiger partial charge on any atom is 0.134 e.